The maximum atomic E-state index is 14.4. The first kappa shape index (κ1) is 48.9. The summed E-state index contributed by atoms with van der Waals surface area (Å²) in [5.41, 5.74) is 0.0186. The number of aliphatic hydroxyl groups is 2. The van der Waals surface area contributed by atoms with Gasteiger partial charge in [-0.25, -0.2) is 4.79 Å². The van der Waals surface area contributed by atoms with Crippen LogP contribution in [0.1, 0.15) is 119 Å². The summed E-state index contributed by atoms with van der Waals surface area (Å²) in [5, 5.41) is 32.8. The minimum atomic E-state index is -1.33. The number of aliphatic hydroxyl groups excluding tert-OH is 2. The third-order valence-corrected chi connectivity index (χ3v) is 9.71. The first-order chi connectivity index (χ1) is 26.7. The zero-order valence-corrected chi connectivity index (χ0v) is 35.5. The van der Waals surface area contributed by atoms with E-state index in [-0.39, 0.29) is 37.3 Å². The molecule has 1 aromatic rings. The third-order valence-electron chi connectivity index (χ3n) is 9.71. The highest BCUT2D eigenvalue weighted by molar-refractivity contribution is 5.90. The second kappa shape index (κ2) is 23.9. The molecule has 0 aromatic heterocycles. The number of nitrogens with zero attached hydrogens (tertiary/aromatic N) is 1. The van der Waals surface area contributed by atoms with Crippen molar-refractivity contribution in [3.05, 3.63) is 35.9 Å². The molecule has 0 saturated heterocycles. The van der Waals surface area contributed by atoms with Crippen molar-refractivity contribution in [1.29, 1.82) is 0 Å². The molecule has 0 spiro atoms. The van der Waals surface area contributed by atoms with Crippen LogP contribution in [-0.2, 0) is 39.9 Å². The number of hydrogen-bond acceptors (Lipinski definition) is 10. The molecule has 5 amide bonds. The molecule has 1 aliphatic carbocycles. The van der Waals surface area contributed by atoms with Crippen LogP contribution in [0.2, 0.25) is 0 Å². The lowest BCUT2D eigenvalue weighted by Gasteiger charge is -2.37. The Morgan fingerprint density at radius 3 is 1.88 bits per heavy atom. The fourth-order valence-electron chi connectivity index (χ4n) is 6.93. The standard InChI is InChI=1S/C42H69N5O10/c1-26(2)20-31(34(48)23-36(50)43-28(5)39(53)45-32(21-27(3)4)35(49)24-38(52)56-9)44-37(51)25-47(30-18-14-11-15-19-30)40(54)33(22-29-16-12-10-13-17-29)46-41(55)57-42(6,7)8/h10,12-13,16-17,26-28,30-35,48-49H,11,14-15,18-25H2,1-9H3,(H,43,50)(H,44,51)(H,45,53)(H,46,55)/t28-,31-,32-,33-,34-,35-/m0/s1. The van der Waals surface area contributed by atoms with E-state index in [4.69, 9.17) is 4.74 Å². The van der Waals surface area contributed by atoms with E-state index in [0.29, 0.717) is 25.7 Å². The van der Waals surface area contributed by atoms with Crippen LogP contribution in [0.5, 0.6) is 0 Å². The van der Waals surface area contributed by atoms with Gasteiger partial charge in [-0.2, -0.15) is 0 Å². The number of ether oxygens (including phenoxy) is 2. The molecule has 15 nitrogen and oxygen atoms in total. The van der Waals surface area contributed by atoms with Gasteiger partial charge in [-0.15, -0.1) is 0 Å². The molecule has 1 aromatic carbocycles. The minimum absolute atomic E-state index is 0.0105. The summed E-state index contributed by atoms with van der Waals surface area (Å²) in [7, 11) is 1.21. The summed E-state index contributed by atoms with van der Waals surface area (Å²) in [6.07, 6.45) is 0.996. The molecule has 0 bridgehead atoms. The molecule has 2 rings (SSSR count). The molecular formula is C42H69N5O10. The van der Waals surface area contributed by atoms with Gasteiger partial charge in [0, 0.05) is 12.5 Å². The van der Waals surface area contributed by atoms with Gasteiger partial charge in [0.1, 0.15) is 17.7 Å². The van der Waals surface area contributed by atoms with Crippen molar-refractivity contribution in [3.8, 4) is 0 Å². The van der Waals surface area contributed by atoms with Gasteiger partial charge in [-0.3, -0.25) is 24.0 Å². The Bertz CT molecular complexity index is 1440. The van der Waals surface area contributed by atoms with Gasteiger partial charge >= 0.3 is 12.1 Å². The molecule has 1 aliphatic rings. The highest BCUT2D eigenvalue weighted by Crippen LogP contribution is 2.24. The SMILES string of the molecule is COC(=O)C[C@H](O)[C@H](CC(C)C)NC(=O)[C@H](C)NC(=O)C[C@H](O)[C@H](CC(C)C)NC(=O)CN(C(=O)[C@H](Cc1ccccc1)NC(=O)OC(C)(C)C)C1CCCCC1. The van der Waals surface area contributed by atoms with Crippen molar-refractivity contribution in [1.82, 2.24) is 26.2 Å². The van der Waals surface area contributed by atoms with Gasteiger partial charge in [0.2, 0.25) is 23.6 Å². The molecule has 0 unspecified atom stereocenters. The summed E-state index contributed by atoms with van der Waals surface area (Å²) >= 11 is 0. The number of amides is 5. The van der Waals surface area contributed by atoms with Gasteiger partial charge in [-0.05, 0) is 70.8 Å². The third kappa shape index (κ3) is 18.7. The van der Waals surface area contributed by atoms with Gasteiger partial charge < -0.3 is 45.9 Å². The largest absolute Gasteiger partial charge is 0.469 e. The van der Waals surface area contributed by atoms with Crippen LogP contribution in [0.3, 0.4) is 0 Å². The van der Waals surface area contributed by atoms with E-state index >= 15 is 0 Å². The number of benzene rings is 1. The number of carbonyl (C=O) groups is 6. The zero-order chi connectivity index (χ0) is 42.9. The predicted octanol–water partition coefficient (Wildman–Crippen LogP) is 3.53. The van der Waals surface area contributed by atoms with Crippen LogP contribution < -0.4 is 21.3 Å². The summed E-state index contributed by atoms with van der Waals surface area (Å²) in [6.45, 7) is 14.0. The van der Waals surface area contributed by atoms with Crippen LogP contribution in [-0.4, -0.2) is 112 Å². The number of alkyl carbamates (subject to hydrolysis) is 1. The smallest absolute Gasteiger partial charge is 0.408 e. The molecule has 1 fully saturated rings. The Kier molecular flexibility index (Phi) is 20.5. The topological polar surface area (TPSA) is 213 Å². The van der Waals surface area contributed by atoms with Crippen molar-refractivity contribution in [2.24, 2.45) is 11.8 Å². The Morgan fingerprint density at radius 1 is 0.772 bits per heavy atom. The predicted molar refractivity (Wildman–Crippen MR) is 216 cm³/mol. The van der Waals surface area contributed by atoms with Crippen LogP contribution in [0.25, 0.3) is 0 Å². The summed E-state index contributed by atoms with van der Waals surface area (Å²) in [6, 6.07) is 5.32. The molecule has 0 aliphatic heterocycles. The summed E-state index contributed by atoms with van der Waals surface area (Å²) < 4.78 is 10.1. The molecule has 57 heavy (non-hydrogen) atoms. The first-order valence-corrected chi connectivity index (χ1v) is 20.3. The quantitative estimate of drug-likeness (QED) is 0.0996. The lowest BCUT2D eigenvalue weighted by Crippen LogP contribution is -2.57. The van der Waals surface area contributed by atoms with Crippen LogP contribution in [0.4, 0.5) is 4.79 Å². The van der Waals surface area contributed by atoms with Crippen molar-refractivity contribution in [2.75, 3.05) is 13.7 Å². The highest BCUT2D eigenvalue weighted by atomic mass is 16.6. The molecule has 6 N–H and O–H groups in total. The van der Waals surface area contributed by atoms with Gasteiger partial charge in [0.15, 0.2) is 0 Å². The number of esters is 1. The Balaban J connectivity index is 2.20. The zero-order valence-electron chi connectivity index (χ0n) is 35.5. The van der Waals surface area contributed by atoms with E-state index in [2.05, 4.69) is 26.0 Å². The van der Waals surface area contributed by atoms with Crippen molar-refractivity contribution >= 4 is 35.7 Å². The normalized spacial score (nSPS) is 16.6. The lowest BCUT2D eigenvalue weighted by atomic mass is 9.93. The number of rotatable bonds is 21. The maximum Gasteiger partial charge on any atom is 0.408 e. The number of methoxy groups -OCH3 is 1. The van der Waals surface area contributed by atoms with Crippen molar-refractivity contribution in [2.45, 2.75) is 168 Å². The van der Waals surface area contributed by atoms with E-state index < -0.39 is 84.1 Å². The monoisotopic (exact) mass is 804 g/mol. The minimum Gasteiger partial charge on any atom is -0.469 e. The molecule has 0 radical (unpaired) electrons. The van der Waals surface area contributed by atoms with E-state index in [1.54, 1.807) is 20.8 Å². The van der Waals surface area contributed by atoms with Crippen molar-refractivity contribution < 1.29 is 48.5 Å². The van der Waals surface area contributed by atoms with Gasteiger partial charge in [-0.1, -0.05) is 77.3 Å². The second-order valence-electron chi connectivity index (χ2n) is 17.1. The highest BCUT2D eigenvalue weighted by Gasteiger charge is 2.35. The van der Waals surface area contributed by atoms with E-state index in [9.17, 15) is 39.0 Å². The van der Waals surface area contributed by atoms with Crippen LogP contribution in [0, 0.1) is 11.8 Å². The first-order valence-electron chi connectivity index (χ1n) is 20.3. The van der Waals surface area contributed by atoms with Crippen molar-refractivity contribution in [3.63, 3.8) is 0 Å². The second-order valence-corrected chi connectivity index (χ2v) is 17.1. The summed E-state index contributed by atoms with van der Waals surface area (Å²) in [5.74, 6) is -2.71. The molecule has 15 heteroatoms. The average Bonchev–Trinajstić information content (AvgIpc) is 3.12. The maximum absolute atomic E-state index is 14.4. The van der Waals surface area contributed by atoms with Crippen LogP contribution >= 0.6 is 0 Å². The Hall–Kier alpha value is -4.24. The number of nitrogens with one attached hydrogen (secondary N) is 4. The average molecular weight is 804 g/mol. The number of carbonyl (C=O) groups excluding carboxylic acids is 6. The van der Waals surface area contributed by atoms with E-state index in [0.717, 1.165) is 24.8 Å². The molecule has 6 atom stereocenters. The summed E-state index contributed by atoms with van der Waals surface area (Å²) in [4.78, 5) is 80.7. The number of hydrogen-bond donors (Lipinski definition) is 6. The molecular weight excluding hydrogens is 734 g/mol. The Morgan fingerprint density at radius 2 is 1.33 bits per heavy atom. The molecule has 0 heterocycles. The molecule has 1 saturated carbocycles. The van der Waals surface area contributed by atoms with E-state index in [1.165, 1.54) is 18.9 Å². The fourth-order valence-corrected chi connectivity index (χ4v) is 6.93. The van der Waals surface area contributed by atoms with Crippen LogP contribution in [0.15, 0.2) is 30.3 Å². The fraction of sp³-hybridized carbons (Fsp3) is 0.714. The lowest BCUT2D eigenvalue weighted by molar-refractivity contribution is -0.144. The van der Waals surface area contributed by atoms with Gasteiger partial charge in [0.25, 0.3) is 0 Å². The molecule has 322 valence electrons. The van der Waals surface area contributed by atoms with Gasteiger partial charge in [0.05, 0.1) is 50.8 Å². The van der Waals surface area contributed by atoms with E-state index in [1.807, 2.05) is 58.0 Å². The Labute approximate surface area is 338 Å².